The standard InChI is InChI=1S/C18H13NO3/c1-10-5-4-6-11(9-10)15(19)14-16(20)12-7-2-3-8-13(12)17(21)18(14)22/h2-9,19-20H,1H3. The Morgan fingerprint density at radius 3 is 2.32 bits per heavy atom. The van der Waals surface area contributed by atoms with E-state index in [4.69, 9.17) is 5.41 Å². The molecule has 4 heteroatoms. The van der Waals surface area contributed by atoms with Gasteiger partial charge in [-0.15, -0.1) is 0 Å². The smallest absolute Gasteiger partial charge is 0.239 e. The molecule has 1 aliphatic rings. The van der Waals surface area contributed by atoms with Gasteiger partial charge < -0.3 is 5.11 Å². The maximum Gasteiger partial charge on any atom is 0.239 e. The Morgan fingerprint density at radius 2 is 1.64 bits per heavy atom. The van der Waals surface area contributed by atoms with Crippen LogP contribution in [0.4, 0.5) is 0 Å². The lowest BCUT2D eigenvalue weighted by Gasteiger charge is -2.18. The molecule has 0 heterocycles. The van der Waals surface area contributed by atoms with E-state index in [1.165, 1.54) is 6.07 Å². The average molecular weight is 291 g/mol. The zero-order valence-corrected chi connectivity index (χ0v) is 11.9. The van der Waals surface area contributed by atoms with Gasteiger partial charge in [-0.2, -0.15) is 0 Å². The largest absolute Gasteiger partial charge is 0.506 e. The third-order valence-electron chi connectivity index (χ3n) is 3.65. The lowest BCUT2D eigenvalue weighted by Crippen LogP contribution is -2.28. The maximum absolute atomic E-state index is 12.3. The first kappa shape index (κ1) is 13.9. The number of aryl methyl sites for hydroxylation is 1. The highest BCUT2D eigenvalue weighted by molar-refractivity contribution is 6.58. The molecule has 0 atom stereocenters. The van der Waals surface area contributed by atoms with Crippen molar-refractivity contribution in [2.75, 3.05) is 0 Å². The predicted octanol–water partition coefficient (Wildman–Crippen LogP) is 3.10. The summed E-state index contributed by atoms with van der Waals surface area (Å²) in [6.45, 7) is 1.87. The number of carbonyl (C=O) groups excluding carboxylic acids is 2. The van der Waals surface area contributed by atoms with Gasteiger partial charge in [-0.3, -0.25) is 15.0 Å². The Kier molecular flexibility index (Phi) is 3.22. The molecule has 0 amide bonds. The van der Waals surface area contributed by atoms with Crippen LogP contribution in [0.1, 0.15) is 27.0 Å². The van der Waals surface area contributed by atoms with Gasteiger partial charge in [0.1, 0.15) is 5.76 Å². The topological polar surface area (TPSA) is 78.2 Å². The number of carbonyl (C=O) groups is 2. The van der Waals surface area contributed by atoms with Crippen molar-refractivity contribution < 1.29 is 14.7 Å². The van der Waals surface area contributed by atoms with Gasteiger partial charge in [0.05, 0.1) is 11.3 Å². The van der Waals surface area contributed by atoms with Gasteiger partial charge in [-0.25, -0.2) is 0 Å². The predicted molar refractivity (Wildman–Crippen MR) is 83.3 cm³/mol. The van der Waals surface area contributed by atoms with Gasteiger partial charge in [-0.1, -0.05) is 48.0 Å². The third kappa shape index (κ3) is 2.05. The minimum absolute atomic E-state index is 0.144. The Bertz CT molecular complexity index is 862. The molecule has 0 spiro atoms. The highest BCUT2D eigenvalue weighted by atomic mass is 16.3. The fraction of sp³-hybridized carbons (Fsp3) is 0.0556. The highest BCUT2D eigenvalue weighted by Crippen LogP contribution is 2.29. The summed E-state index contributed by atoms with van der Waals surface area (Å²) in [5.41, 5.74) is 1.49. The Labute approximate surface area is 127 Å². The van der Waals surface area contributed by atoms with Crippen molar-refractivity contribution in [3.63, 3.8) is 0 Å². The van der Waals surface area contributed by atoms with E-state index in [1.807, 2.05) is 13.0 Å². The molecule has 0 aliphatic heterocycles. The number of hydrogen-bond acceptors (Lipinski definition) is 4. The van der Waals surface area contributed by atoms with E-state index in [1.54, 1.807) is 36.4 Å². The minimum atomic E-state index is -0.845. The number of aliphatic hydroxyl groups is 1. The summed E-state index contributed by atoms with van der Waals surface area (Å²) >= 11 is 0. The summed E-state index contributed by atoms with van der Waals surface area (Å²) in [7, 11) is 0. The number of fused-ring (bicyclic) bond motifs is 1. The molecule has 2 aromatic carbocycles. The molecule has 0 fully saturated rings. The van der Waals surface area contributed by atoms with Gasteiger partial charge in [0.15, 0.2) is 0 Å². The van der Waals surface area contributed by atoms with Crippen molar-refractivity contribution in [3.8, 4) is 0 Å². The number of aliphatic hydroxyl groups excluding tert-OH is 1. The molecule has 2 N–H and O–H groups in total. The molecule has 0 saturated carbocycles. The lowest BCUT2D eigenvalue weighted by atomic mass is 9.84. The Morgan fingerprint density at radius 1 is 0.955 bits per heavy atom. The van der Waals surface area contributed by atoms with E-state index >= 15 is 0 Å². The molecule has 0 saturated heterocycles. The van der Waals surface area contributed by atoms with Crippen molar-refractivity contribution >= 4 is 23.0 Å². The molecule has 4 nitrogen and oxygen atoms in total. The molecule has 0 radical (unpaired) electrons. The second kappa shape index (κ2) is 5.07. The van der Waals surface area contributed by atoms with Crippen molar-refractivity contribution in [1.82, 2.24) is 0 Å². The van der Waals surface area contributed by atoms with Crippen LogP contribution < -0.4 is 0 Å². The first-order valence-corrected chi connectivity index (χ1v) is 6.78. The zero-order chi connectivity index (χ0) is 15.9. The number of rotatable bonds is 2. The minimum Gasteiger partial charge on any atom is -0.506 e. The van der Waals surface area contributed by atoms with Crippen LogP contribution in [0.2, 0.25) is 0 Å². The van der Waals surface area contributed by atoms with Gasteiger partial charge in [-0.05, 0) is 13.0 Å². The first-order chi connectivity index (χ1) is 10.5. The van der Waals surface area contributed by atoms with E-state index in [2.05, 4.69) is 0 Å². The second-order valence-electron chi connectivity index (χ2n) is 5.17. The SMILES string of the molecule is Cc1cccc(C(=N)C2=C(O)c3ccccc3C(=O)C2=O)c1. The molecular formula is C18H13NO3. The number of allylic oxidation sites excluding steroid dienone is 1. The summed E-state index contributed by atoms with van der Waals surface area (Å²) in [5, 5.41) is 18.6. The zero-order valence-electron chi connectivity index (χ0n) is 11.9. The molecule has 1 aliphatic carbocycles. The quantitative estimate of drug-likeness (QED) is 0.659. The van der Waals surface area contributed by atoms with E-state index in [9.17, 15) is 14.7 Å². The summed E-state index contributed by atoms with van der Waals surface area (Å²) in [6.07, 6.45) is 0. The summed E-state index contributed by atoms with van der Waals surface area (Å²) in [5.74, 6) is -1.85. The summed E-state index contributed by atoms with van der Waals surface area (Å²) in [6, 6.07) is 13.4. The fourth-order valence-electron chi connectivity index (χ4n) is 2.54. The number of nitrogens with one attached hydrogen (secondary N) is 1. The average Bonchev–Trinajstić information content (AvgIpc) is 2.53. The summed E-state index contributed by atoms with van der Waals surface area (Å²) < 4.78 is 0. The molecule has 0 unspecified atom stereocenters. The van der Waals surface area contributed by atoms with E-state index in [0.717, 1.165) is 5.56 Å². The molecule has 0 bridgehead atoms. The monoisotopic (exact) mass is 291 g/mol. The van der Waals surface area contributed by atoms with Crippen LogP contribution >= 0.6 is 0 Å². The lowest BCUT2D eigenvalue weighted by molar-refractivity contribution is -0.111. The van der Waals surface area contributed by atoms with Crippen molar-refractivity contribution in [2.45, 2.75) is 6.92 Å². The number of hydrogen-bond donors (Lipinski definition) is 2. The first-order valence-electron chi connectivity index (χ1n) is 6.78. The van der Waals surface area contributed by atoms with Crippen LogP contribution in [0.3, 0.4) is 0 Å². The van der Waals surface area contributed by atoms with Crippen molar-refractivity contribution in [2.24, 2.45) is 0 Å². The molecule has 3 rings (SSSR count). The van der Waals surface area contributed by atoms with Crippen LogP contribution in [0.25, 0.3) is 5.76 Å². The van der Waals surface area contributed by atoms with Crippen LogP contribution in [-0.4, -0.2) is 22.4 Å². The number of ketones is 2. The number of benzene rings is 2. The Hall–Kier alpha value is -3.01. The van der Waals surface area contributed by atoms with Gasteiger partial charge >= 0.3 is 0 Å². The van der Waals surface area contributed by atoms with Gasteiger partial charge in [0, 0.05) is 16.7 Å². The molecule has 108 valence electrons. The third-order valence-corrected chi connectivity index (χ3v) is 3.65. The summed E-state index contributed by atoms with van der Waals surface area (Å²) in [4.78, 5) is 24.5. The number of Topliss-reactive ketones (excluding diaryl/α,β-unsaturated/α-hetero) is 2. The van der Waals surface area contributed by atoms with E-state index in [-0.39, 0.29) is 22.6 Å². The van der Waals surface area contributed by atoms with Gasteiger partial charge in [0.2, 0.25) is 11.6 Å². The highest BCUT2D eigenvalue weighted by Gasteiger charge is 2.35. The fourth-order valence-corrected chi connectivity index (χ4v) is 2.54. The van der Waals surface area contributed by atoms with Gasteiger partial charge in [0.25, 0.3) is 0 Å². The maximum atomic E-state index is 12.3. The molecular weight excluding hydrogens is 278 g/mol. The van der Waals surface area contributed by atoms with Crippen molar-refractivity contribution in [3.05, 3.63) is 76.4 Å². The Balaban J connectivity index is 2.19. The van der Waals surface area contributed by atoms with Crippen LogP contribution in [-0.2, 0) is 4.79 Å². The molecule has 22 heavy (non-hydrogen) atoms. The van der Waals surface area contributed by atoms with Crippen molar-refractivity contribution in [1.29, 1.82) is 5.41 Å². The molecule has 0 aromatic heterocycles. The van der Waals surface area contributed by atoms with E-state index in [0.29, 0.717) is 11.1 Å². The van der Waals surface area contributed by atoms with Crippen LogP contribution in [0, 0.1) is 12.3 Å². The molecule has 2 aromatic rings. The van der Waals surface area contributed by atoms with E-state index < -0.39 is 11.6 Å². The van der Waals surface area contributed by atoms with Crippen LogP contribution in [0.15, 0.2) is 54.1 Å². The second-order valence-corrected chi connectivity index (χ2v) is 5.17. The van der Waals surface area contributed by atoms with Crippen LogP contribution in [0.5, 0.6) is 0 Å². The normalized spacial score (nSPS) is 14.0.